The minimum absolute atomic E-state index is 0.209. The summed E-state index contributed by atoms with van der Waals surface area (Å²) in [5, 5.41) is 14.0. The number of aromatic nitrogens is 2. The number of carboxylic acid groups (broad SMARTS) is 1. The molecule has 21 heavy (non-hydrogen) atoms. The van der Waals surface area contributed by atoms with Crippen LogP contribution in [-0.2, 0) is 20.1 Å². The van der Waals surface area contributed by atoms with Crippen molar-refractivity contribution in [1.82, 2.24) is 9.78 Å². The zero-order chi connectivity index (χ0) is 15.6. The highest BCUT2D eigenvalue weighted by Crippen LogP contribution is 2.31. The van der Waals surface area contributed by atoms with Crippen molar-refractivity contribution in [3.8, 4) is 5.75 Å². The van der Waals surface area contributed by atoms with Crippen LogP contribution in [0.15, 0.2) is 6.07 Å². The van der Waals surface area contributed by atoms with Crippen molar-refractivity contribution in [1.29, 1.82) is 0 Å². The summed E-state index contributed by atoms with van der Waals surface area (Å²) >= 11 is 7.41. The van der Waals surface area contributed by atoms with E-state index in [1.165, 1.54) is 11.3 Å². The molecule has 0 aromatic carbocycles. The third-order valence-electron chi connectivity index (χ3n) is 3.08. The Kier molecular flexibility index (Phi) is 4.90. The van der Waals surface area contributed by atoms with Crippen molar-refractivity contribution < 1.29 is 14.6 Å². The molecule has 2 aromatic heterocycles. The fraction of sp³-hybridized carbons (Fsp3) is 0.429. The second kappa shape index (κ2) is 6.49. The standard InChI is InChI=1S/C14H17ClN2O3S/c1-4-5-9-6-11(12(21-9)14(18)19)20-7-10-8(2)16-17(3)13(10)15/h6H,4-5,7H2,1-3H3,(H,18,19). The summed E-state index contributed by atoms with van der Waals surface area (Å²) in [5.41, 5.74) is 1.56. The van der Waals surface area contributed by atoms with E-state index < -0.39 is 5.97 Å². The minimum Gasteiger partial charge on any atom is -0.487 e. The molecular formula is C14H17ClN2O3S. The van der Waals surface area contributed by atoms with Gasteiger partial charge in [0, 0.05) is 17.5 Å². The first kappa shape index (κ1) is 15.9. The van der Waals surface area contributed by atoms with Gasteiger partial charge < -0.3 is 9.84 Å². The molecular weight excluding hydrogens is 312 g/mol. The molecule has 0 aliphatic heterocycles. The van der Waals surface area contributed by atoms with Crippen LogP contribution in [0.2, 0.25) is 5.15 Å². The number of aromatic carboxylic acids is 1. The number of aryl methyl sites for hydroxylation is 3. The van der Waals surface area contributed by atoms with E-state index in [1.54, 1.807) is 17.8 Å². The van der Waals surface area contributed by atoms with Gasteiger partial charge in [0.05, 0.1) is 5.69 Å². The predicted octanol–water partition coefficient (Wildman–Crippen LogP) is 3.67. The Hall–Kier alpha value is -1.53. The predicted molar refractivity (Wildman–Crippen MR) is 82.6 cm³/mol. The van der Waals surface area contributed by atoms with Crippen LogP contribution in [0.3, 0.4) is 0 Å². The minimum atomic E-state index is -0.966. The molecule has 0 fully saturated rings. The topological polar surface area (TPSA) is 64.4 Å². The zero-order valence-electron chi connectivity index (χ0n) is 12.1. The lowest BCUT2D eigenvalue weighted by Crippen LogP contribution is -2.01. The van der Waals surface area contributed by atoms with Gasteiger partial charge in [-0.2, -0.15) is 5.10 Å². The fourth-order valence-corrected chi connectivity index (χ4v) is 3.31. The maximum atomic E-state index is 11.3. The molecule has 0 atom stereocenters. The Morgan fingerprint density at radius 3 is 2.81 bits per heavy atom. The van der Waals surface area contributed by atoms with Crippen molar-refractivity contribution in [2.24, 2.45) is 7.05 Å². The Morgan fingerprint density at radius 2 is 2.29 bits per heavy atom. The molecule has 7 heteroatoms. The van der Waals surface area contributed by atoms with Gasteiger partial charge in [0.2, 0.25) is 0 Å². The van der Waals surface area contributed by atoms with Gasteiger partial charge in [0.1, 0.15) is 17.5 Å². The number of thiophene rings is 1. The highest BCUT2D eigenvalue weighted by atomic mass is 35.5. The molecule has 0 bridgehead atoms. The van der Waals surface area contributed by atoms with Gasteiger partial charge in [-0.3, -0.25) is 4.68 Å². The third kappa shape index (κ3) is 3.39. The molecule has 0 aliphatic rings. The highest BCUT2D eigenvalue weighted by molar-refractivity contribution is 7.14. The van der Waals surface area contributed by atoms with E-state index in [4.69, 9.17) is 16.3 Å². The lowest BCUT2D eigenvalue weighted by atomic mass is 10.2. The summed E-state index contributed by atoms with van der Waals surface area (Å²) in [7, 11) is 1.76. The molecule has 2 aromatic rings. The second-order valence-corrected chi connectivity index (χ2v) is 6.22. The SMILES string of the molecule is CCCc1cc(OCc2c(C)nn(C)c2Cl)c(C(=O)O)s1. The Bertz CT molecular complexity index is 663. The van der Waals surface area contributed by atoms with Gasteiger partial charge in [-0.25, -0.2) is 4.79 Å². The summed E-state index contributed by atoms with van der Waals surface area (Å²) in [6.07, 6.45) is 1.81. The Labute approximate surface area is 132 Å². The van der Waals surface area contributed by atoms with E-state index in [0.29, 0.717) is 10.9 Å². The Morgan fingerprint density at radius 1 is 1.57 bits per heavy atom. The molecule has 0 spiro atoms. The molecule has 0 saturated heterocycles. The number of hydrogen-bond acceptors (Lipinski definition) is 4. The number of ether oxygens (including phenoxy) is 1. The van der Waals surface area contributed by atoms with Gasteiger partial charge in [-0.1, -0.05) is 24.9 Å². The number of rotatable bonds is 6. The third-order valence-corrected chi connectivity index (χ3v) is 4.72. The quantitative estimate of drug-likeness (QED) is 0.878. The summed E-state index contributed by atoms with van der Waals surface area (Å²) in [6.45, 7) is 4.11. The van der Waals surface area contributed by atoms with E-state index >= 15 is 0 Å². The number of hydrogen-bond donors (Lipinski definition) is 1. The maximum Gasteiger partial charge on any atom is 0.349 e. The van der Waals surface area contributed by atoms with E-state index in [0.717, 1.165) is 29.0 Å². The molecule has 2 heterocycles. The van der Waals surface area contributed by atoms with Gasteiger partial charge in [-0.15, -0.1) is 11.3 Å². The number of carboxylic acids is 1. The zero-order valence-corrected chi connectivity index (χ0v) is 13.7. The molecule has 1 N–H and O–H groups in total. The number of carbonyl (C=O) groups is 1. The second-order valence-electron chi connectivity index (χ2n) is 4.73. The summed E-state index contributed by atoms with van der Waals surface area (Å²) in [5.74, 6) is -0.568. The Balaban J connectivity index is 2.21. The normalized spacial score (nSPS) is 10.9. The summed E-state index contributed by atoms with van der Waals surface area (Å²) in [4.78, 5) is 12.5. The van der Waals surface area contributed by atoms with E-state index in [-0.39, 0.29) is 11.5 Å². The van der Waals surface area contributed by atoms with E-state index in [9.17, 15) is 9.90 Å². The lowest BCUT2D eigenvalue weighted by molar-refractivity contribution is 0.0697. The first-order valence-electron chi connectivity index (χ1n) is 6.60. The first-order valence-corrected chi connectivity index (χ1v) is 7.80. The smallest absolute Gasteiger partial charge is 0.349 e. The molecule has 0 unspecified atom stereocenters. The molecule has 0 aliphatic carbocycles. The molecule has 5 nitrogen and oxygen atoms in total. The van der Waals surface area contributed by atoms with Crippen molar-refractivity contribution in [2.45, 2.75) is 33.3 Å². The largest absolute Gasteiger partial charge is 0.487 e. The molecule has 0 saturated carbocycles. The van der Waals surface area contributed by atoms with Crippen molar-refractivity contribution in [2.75, 3.05) is 0 Å². The van der Waals surface area contributed by atoms with Crippen LogP contribution in [0.5, 0.6) is 5.75 Å². The van der Waals surface area contributed by atoms with Crippen LogP contribution in [0.25, 0.3) is 0 Å². The average Bonchev–Trinajstić information content (AvgIpc) is 2.91. The average molecular weight is 329 g/mol. The van der Waals surface area contributed by atoms with Crippen LogP contribution in [0, 0.1) is 6.92 Å². The first-order chi connectivity index (χ1) is 9.93. The maximum absolute atomic E-state index is 11.3. The number of nitrogens with zero attached hydrogens (tertiary/aromatic N) is 2. The van der Waals surface area contributed by atoms with E-state index in [1.807, 2.05) is 6.92 Å². The summed E-state index contributed by atoms with van der Waals surface area (Å²) in [6, 6.07) is 1.80. The van der Waals surface area contributed by atoms with Crippen LogP contribution in [0.1, 0.15) is 39.2 Å². The number of halogens is 1. The molecule has 2 rings (SSSR count). The van der Waals surface area contributed by atoms with Crippen molar-refractivity contribution >= 4 is 28.9 Å². The van der Waals surface area contributed by atoms with Crippen molar-refractivity contribution in [3.05, 3.63) is 32.2 Å². The van der Waals surface area contributed by atoms with Crippen LogP contribution in [0.4, 0.5) is 0 Å². The molecule has 114 valence electrons. The van der Waals surface area contributed by atoms with Crippen LogP contribution >= 0.6 is 22.9 Å². The summed E-state index contributed by atoms with van der Waals surface area (Å²) < 4.78 is 7.25. The highest BCUT2D eigenvalue weighted by Gasteiger charge is 2.18. The van der Waals surface area contributed by atoms with Crippen LogP contribution < -0.4 is 4.74 Å². The van der Waals surface area contributed by atoms with E-state index in [2.05, 4.69) is 12.0 Å². The van der Waals surface area contributed by atoms with Gasteiger partial charge in [0.15, 0.2) is 4.88 Å². The van der Waals surface area contributed by atoms with Gasteiger partial charge in [0.25, 0.3) is 0 Å². The van der Waals surface area contributed by atoms with Gasteiger partial charge >= 0.3 is 5.97 Å². The monoisotopic (exact) mass is 328 g/mol. The molecule has 0 radical (unpaired) electrons. The molecule has 0 amide bonds. The fourth-order valence-electron chi connectivity index (χ4n) is 2.04. The van der Waals surface area contributed by atoms with Gasteiger partial charge in [-0.05, 0) is 19.4 Å². The lowest BCUT2D eigenvalue weighted by Gasteiger charge is -2.05. The van der Waals surface area contributed by atoms with Crippen LogP contribution in [-0.4, -0.2) is 20.9 Å². The van der Waals surface area contributed by atoms with Crippen molar-refractivity contribution in [3.63, 3.8) is 0 Å².